The lowest BCUT2D eigenvalue weighted by Gasteiger charge is -2.27. The zero-order valence-corrected chi connectivity index (χ0v) is 15.1. The summed E-state index contributed by atoms with van der Waals surface area (Å²) in [7, 11) is 0. The molecule has 2 N–H and O–H groups in total. The Labute approximate surface area is 153 Å². The highest BCUT2D eigenvalue weighted by molar-refractivity contribution is 6.15. The summed E-state index contributed by atoms with van der Waals surface area (Å²) >= 11 is 0. The molecule has 3 heterocycles. The molecular formula is C20H23N5O. The van der Waals surface area contributed by atoms with Gasteiger partial charge in [0.2, 0.25) is 5.91 Å². The summed E-state index contributed by atoms with van der Waals surface area (Å²) in [5.41, 5.74) is 1.85. The second kappa shape index (κ2) is 6.20. The van der Waals surface area contributed by atoms with Crippen molar-refractivity contribution in [2.75, 3.05) is 16.8 Å². The molecule has 0 aromatic carbocycles. The number of rotatable bonds is 5. The van der Waals surface area contributed by atoms with Crippen LogP contribution in [-0.2, 0) is 4.79 Å². The largest absolute Gasteiger partial charge is 0.325 e. The fourth-order valence-corrected chi connectivity index (χ4v) is 3.98. The van der Waals surface area contributed by atoms with Gasteiger partial charge in [0.15, 0.2) is 0 Å². The molecule has 1 amide bonds. The molecule has 1 atom stereocenters. The van der Waals surface area contributed by atoms with Crippen LogP contribution < -0.4 is 10.2 Å². The molecule has 0 bridgehead atoms. The standard InChI is InChI=1S/C20H23N5O/c1-13-5-8-22-17(11-13)24-18-12-16(6-9-23-18)25-10-7-20(14(2)21,19(25)26)15-3-4-15/h5-6,8-9,11-12,15,21H,3-4,7,10H2,1-2H3,(H,22,23,24)/t20-/m1/s1. The Kier molecular flexibility index (Phi) is 3.98. The maximum atomic E-state index is 13.2. The average molecular weight is 349 g/mol. The highest BCUT2D eigenvalue weighted by Gasteiger charge is 2.57. The first-order valence-electron chi connectivity index (χ1n) is 9.04. The summed E-state index contributed by atoms with van der Waals surface area (Å²) in [6.45, 7) is 4.44. The van der Waals surface area contributed by atoms with Gasteiger partial charge < -0.3 is 15.6 Å². The van der Waals surface area contributed by atoms with Crippen LogP contribution in [0.2, 0.25) is 0 Å². The number of amides is 1. The molecule has 6 heteroatoms. The van der Waals surface area contributed by atoms with Gasteiger partial charge in [-0.15, -0.1) is 0 Å². The van der Waals surface area contributed by atoms with E-state index in [-0.39, 0.29) is 5.91 Å². The summed E-state index contributed by atoms with van der Waals surface area (Å²) in [5, 5.41) is 11.4. The van der Waals surface area contributed by atoms with Gasteiger partial charge in [0.25, 0.3) is 0 Å². The van der Waals surface area contributed by atoms with Gasteiger partial charge in [0.05, 0.1) is 5.41 Å². The molecule has 1 aliphatic carbocycles. The first-order chi connectivity index (χ1) is 12.5. The van der Waals surface area contributed by atoms with Crippen molar-refractivity contribution in [3.8, 4) is 0 Å². The molecule has 134 valence electrons. The lowest BCUT2D eigenvalue weighted by atomic mass is 9.77. The smallest absolute Gasteiger partial charge is 0.239 e. The normalized spacial score (nSPS) is 22.5. The van der Waals surface area contributed by atoms with Crippen LogP contribution in [-0.4, -0.2) is 28.1 Å². The predicted octanol–water partition coefficient (Wildman–Crippen LogP) is 3.70. The number of carbonyl (C=O) groups excluding carboxylic acids is 1. The molecule has 1 saturated heterocycles. The predicted molar refractivity (Wildman–Crippen MR) is 102 cm³/mol. The molecule has 2 aliphatic rings. The van der Waals surface area contributed by atoms with Gasteiger partial charge in [0, 0.05) is 36.4 Å². The number of carbonyl (C=O) groups is 1. The van der Waals surface area contributed by atoms with Crippen LogP contribution in [0.5, 0.6) is 0 Å². The van der Waals surface area contributed by atoms with Gasteiger partial charge in [-0.05, 0) is 62.8 Å². The Bertz CT molecular complexity index is 876. The van der Waals surface area contributed by atoms with E-state index in [4.69, 9.17) is 5.41 Å². The Morgan fingerprint density at radius 2 is 1.92 bits per heavy atom. The molecule has 0 spiro atoms. The number of hydrogen-bond donors (Lipinski definition) is 2. The molecule has 0 radical (unpaired) electrons. The van der Waals surface area contributed by atoms with Crippen molar-refractivity contribution in [3.63, 3.8) is 0 Å². The fraction of sp³-hybridized carbons (Fsp3) is 0.400. The van der Waals surface area contributed by atoms with Gasteiger partial charge in [0.1, 0.15) is 11.6 Å². The third-order valence-corrected chi connectivity index (χ3v) is 5.53. The lowest BCUT2D eigenvalue weighted by Crippen LogP contribution is -2.41. The minimum atomic E-state index is -0.588. The van der Waals surface area contributed by atoms with Crippen molar-refractivity contribution in [1.82, 2.24) is 9.97 Å². The molecule has 1 aliphatic heterocycles. The first kappa shape index (κ1) is 16.7. The number of hydrogen-bond acceptors (Lipinski definition) is 5. The SMILES string of the molecule is CC(=N)[C@@]1(C2CC2)CCN(c2ccnc(Nc3cc(C)ccn3)c2)C1=O. The second-order valence-electron chi connectivity index (χ2n) is 7.32. The van der Waals surface area contributed by atoms with Crippen molar-refractivity contribution >= 4 is 28.9 Å². The van der Waals surface area contributed by atoms with E-state index in [2.05, 4.69) is 15.3 Å². The number of anilines is 3. The summed E-state index contributed by atoms with van der Waals surface area (Å²) < 4.78 is 0. The summed E-state index contributed by atoms with van der Waals surface area (Å²) in [6, 6.07) is 7.63. The molecule has 2 aromatic rings. The van der Waals surface area contributed by atoms with Gasteiger partial charge in [-0.2, -0.15) is 0 Å². The number of aromatic nitrogens is 2. The van der Waals surface area contributed by atoms with Crippen LogP contribution in [0.25, 0.3) is 0 Å². The van der Waals surface area contributed by atoms with E-state index in [1.165, 1.54) is 0 Å². The lowest BCUT2D eigenvalue weighted by molar-refractivity contribution is -0.123. The Morgan fingerprint density at radius 3 is 2.58 bits per heavy atom. The van der Waals surface area contributed by atoms with Crippen molar-refractivity contribution in [2.45, 2.75) is 33.1 Å². The van der Waals surface area contributed by atoms with Crippen LogP contribution in [0.3, 0.4) is 0 Å². The molecule has 2 aromatic heterocycles. The van der Waals surface area contributed by atoms with E-state index in [1.54, 1.807) is 19.3 Å². The summed E-state index contributed by atoms with van der Waals surface area (Å²) in [5.74, 6) is 1.79. The highest BCUT2D eigenvalue weighted by Crippen LogP contribution is 2.52. The average Bonchev–Trinajstić information content (AvgIpc) is 3.39. The Hall–Kier alpha value is -2.76. The van der Waals surface area contributed by atoms with Crippen LogP contribution >= 0.6 is 0 Å². The third kappa shape index (κ3) is 2.75. The number of aryl methyl sites for hydroxylation is 1. The minimum Gasteiger partial charge on any atom is -0.325 e. The number of nitrogens with zero attached hydrogens (tertiary/aromatic N) is 3. The first-order valence-corrected chi connectivity index (χ1v) is 9.04. The van der Waals surface area contributed by atoms with Crippen LogP contribution in [0, 0.1) is 23.7 Å². The molecule has 0 unspecified atom stereocenters. The molecule has 2 fully saturated rings. The summed E-state index contributed by atoms with van der Waals surface area (Å²) in [4.78, 5) is 23.7. The number of pyridine rings is 2. The molecule has 26 heavy (non-hydrogen) atoms. The van der Waals surface area contributed by atoms with Gasteiger partial charge in [-0.1, -0.05) is 0 Å². The highest BCUT2D eigenvalue weighted by atomic mass is 16.2. The van der Waals surface area contributed by atoms with E-state index < -0.39 is 5.41 Å². The van der Waals surface area contributed by atoms with E-state index >= 15 is 0 Å². The van der Waals surface area contributed by atoms with E-state index in [0.29, 0.717) is 24.0 Å². The fourth-order valence-electron chi connectivity index (χ4n) is 3.98. The van der Waals surface area contributed by atoms with Crippen molar-refractivity contribution < 1.29 is 4.79 Å². The van der Waals surface area contributed by atoms with E-state index in [9.17, 15) is 4.79 Å². The molecule has 6 nitrogen and oxygen atoms in total. The van der Waals surface area contributed by atoms with Crippen LogP contribution in [0.15, 0.2) is 36.7 Å². The van der Waals surface area contributed by atoms with Crippen LogP contribution in [0.1, 0.15) is 31.7 Å². The van der Waals surface area contributed by atoms with E-state index in [0.717, 1.165) is 36.3 Å². The molecule has 1 saturated carbocycles. The topological polar surface area (TPSA) is 82.0 Å². The van der Waals surface area contributed by atoms with Gasteiger partial charge >= 0.3 is 0 Å². The molecule has 4 rings (SSSR count). The maximum absolute atomic E-state index is 13.2. The zero-order chi connectivity index (χ0) is 18.3. The second-order valence-corrected chi connectivity index (χ2v) is 7.32. The maximum Gasteiger partial charge on any atom is 0.239 e. The van der Waals surface area contributed by atoms with Gasteiger partial charge in [-0.25, -0.2) is 9.97 Å². The molecular weight excluding hydrogens is 326 g/mol. The summed E-state index contributed by atoms with van der Waals surface area (Å²) in [6.07, 6.45) is 6.30. The minimum absolute atomic E-state index is 0.0679. The zero-order valence-electron chi connectivity index (χ0n) is 15.1. The third-order valence-electron chi connectivity index (χ3n) is 5.53. The van der Waals surface area contributed by atoms with Crippen molar-refractivity contribution in [1.29, 1.82) is 5.41 Å². The monoisotopic (exact) mass is 349 g/mol. The quantitative estimate of drug-likeness (QED) is 0.806. The Morgan fingerprint density at radius 1 is 1.23 bits per heavy atom. The Balaban J connectivity index is 1.59. The van der Waals surface area contributed by atoms with Crippen molar-refractivity contribution in [3.05, 3.63) is 42.2 Å². The number of nitrogens with one attached hydrogen (secondary N) is 2. The van der Waals surface area contributed by atoms with E-state index in [1.807, 2.05) is 36.1 Å². The van der Waals surface area contributed by atoms with Crippen molar-refractivity contribution in [2.24, 2.45) is 11.3 Å². The van der Waals surface area contributed by atoms with Crippen LogP contribution in [0.4, 0.5) is 17.3 Å². The van der Waals surface area contributed by atoms with Gasteiger partial charge in [-0.3, -0.25) is 4.79 Å².